The highest BCUT2D eigenvalue weighted by Crippen LogP contribution is 2.20. The van der Waals surface area contributed by atoms with Gasteiger partial charge < -0.3 is 20.5 Å². The number of carbonyl (C=O) groups excluding carboxylic acids is 1. The molecule has 1 aromatic carbocycles. The van der Waals surface area contributed by atoms with Crippen LogP contribution in [0.4, 0.5) is 0 Å². The van der Waals surface area contributed by atoms with Gasteiger partial charge in [0.05, 0.1) is 19.1 Å². The summed E-state index contributed by atoms with van der Waals surface area (Å²) in [4.78, 5) is 11.0. The molecule has 0 saturated carbocycles. The highest BCUT2D eigenvalue weighted by atomic mass is 16.5. The number of aryl methyl sites for hydroxylation is 1. The molecule has 0 fully saturated rings. The van der Waals surface area contributed by atoms with Crippen molar-refractivity contribution in [2.24, 2.45) is 11.7 Å². The summed E-state index contributed by atoms with van der Waals surface area (Å²) in [7, 11) is 1.67. The highest BCUT2D eigenvalue weighted by Gasteiger charge is 2.11. The lowest BCUT2D eigenvalue weighted by molar-refractivity contribution is -0.122. The molecule has 0 aliphatic heterocycles. The van der Waals surface area contributed by atoms with Gasteiger partial charge >= 0.3 is 0 Å². The Bertz CT molecular complexity index is 435. The first-order chi connectivity index (χ1) is 9.54. The van der Waals surface area contributed by atoms with Gasteiger partial charge in [-0.05, 0) is 13.0 Å². The van der Waals surface area contributed by atoms with Crippen molar-refractivity contribution in [3.8, 4) is 5.75 Å². The predicted octanol–water partition coefficient (Wildman–Crippen LogP) is 1.23. The van der Waals surface area contributed by atoms with E-state index in [-0.39, 0.29) is 11.8 Å². The van der Waals surface area contributed by atoms with Crippen molar-refractivity contribution >= 4 is 5.91 Å². The summed E-state index contributed by atoms with van der Waals surface area (Å²) < 4.78 is 10.7. The molecular formula is C15H24N2O3. The van der Waals surface area contributed by atoms with E-state index in [9.17, 15) is 4.79 Å². The van der Waals surface area contributed by atoms with E-state index in [0.29, 0.717) is 19.8 Å². The summed E-state index contributed by atoms with van der Waals surface area (Å²) in [5, 5.41) is 3.28. The molecule has 1 aromatic rings. The first kappa shape index (κ1) is 16.5. The molecule has 3 N–H and O–H groups in total. The first-order valence-corrected chi connectivity index (χ1v) is 6.76. The summed E-state index contributed by atoms with van der Waals surface area (Å²) in [5.74, 6) is 0.135. The monoisotopic (exact) mass is 280 g/mol. The summed E-state index contributed by atoms with van der Waals surface area (Å²) in [6, 6.07) is 5.99. The Morgan fingerprint density at radius 3 is 2.85 bits per heavy atom. The predicted molar refractivity (Wildman–Crippen MR) is 78.6 cm³/mol. The minimum Gasteiger partial charge on any atom is -0.492 e. The van der Waals surface area contributed by atoms with Crippen molar-refractivity contribution in [2.45, 2.75) is 20.4 Å². The Morgan fingerprint density at radius 2 is 2.20 bits per heavy atom. The van der Waals surface area contributed by atoms with E-state index >= 15 is 0 Å². The average molecular weight is 280 g/mol. The molecule has 0 aromatic heterocycles. The second-order valence-electron chi connectivity index (χ2n) is 4.90. The van der Waals surface area contributed by atoms with E-state index in [1.54, 1.807) is 14.0 Å². The number of nitrogens with one attached hydrogen (secondary N) is 1. The zero-order valence-electron chi connectivity index (χ0n) is 12.4. The van der Waals surface area contributed by atoms with Crippen LogP contribution in [0, 0.1) is 12.8 Å². The minimum absolute atomic E-state index is 0.295. The topological polar surface area (TPSA) is 73.6 Å². The Labute approximate surface area is 120 Å². The number of amides is 1. The van der Waals surface area contributed by atoms with Gasteiger partial charge in [-0.15, -0.1) is 0 Å². The van der Waals surface area contributed by atoms with Crippen LogP contribution in [-0.2, 0) is 16.1 Å². The van der Waals surface area contributed by atoms with Gasteiger partial charge in [0.2, 0.25) is 5.91 Å². The zero-order chi connectivity index (χ0) is 15.0. The first-order valence-electron chi connectivity index (χ1n) is 6.76. The van der Waals surface area contributed by atoms with Crippen LogP contribution in [0.5, 0.6) is 5.75 Å². The van der Waals surface area contributed by atoms with E-state index in [2.05, 4.69) is 11.4 Å². The molecule has 1 atom stereocenters. The van der Waals surface area contributed by atoms with Gasteiger partial charge in [-0.2, -0.15) is 0 Å². The third-order valence-electron chi connectivity index (χ3n) is 2.99. The second kappa shape index (κ2) is 8.55. The lowest BCUT2D eigenvalue weighted by Crippen LogP contribution is -2.26. The molecule has 0 aliphatic rings. The SMILES string of the molecule is COCCNCc1cc(C)ccc1OCC(C)C(N)=O. The zero-order valence-corrected chi connectivity index (χ0v) is 12.4. The molecule has 5 heteroatoms. The van der Waals surface area contributed by atoms with Crippen LogP contribution in [-0.4, -0.2) is 32.8 Å². The maximum Gasteiger partial charge on any atom is 0.223 e. The fraction of sp³-hybridized carbons (Fsp3) is 0.533. The smallest absolute Gasteiger partial charge is 0.223 e. The van der Waals surface area contributed by atoms with Crippen LogP contribution in [0.2, 0.25) is 0 Å². The lowest BCUT2D eigenvalue weighted by atomic mass is 10.1. The van der Waals surface area contributed by atoms with Crippen LogP contribution < -0.4 is 15.8 Å². The van der Waals surface area contributed by atoms with Gasteiger partial charge in [-0.25, -0.2) is 0 Å². The van der Waals surface area contributed by atoms with E-state index in [0.717, 1.165) is 17.9 Å². The minimum atomic E-state index is -0.350. The van der Waals surface area contributed by atoms with Crippen molar-refractivity contribution in [3.05, 3.63) is 29.3 Å². The fourth-order valence-corrected chi connectivity index (χ4v) is 1.68. The standard InChI is InChI=1S/C15H24N2O3/c1-11-4-5-14(20-10-12(2)15(16)18)13(8-11)9-17-6-7-19-3/h4-5,8,12,17H,6-7,9-10H2,1-3H3,(H2,16,18). The average Bonchev–Trinajstić information content (AvgIpc) is 2.42. The number of benzene rings is 1. The molecular weight excluding hydrogens is 256 g/mol. The van der Waals surface area contributed by atoms with Crippen LogP contribution >= 0.6 is 0 Å². The van der Waals surface area contributed by atoms with Crippen molar-refractivity contribution < 1.29 is 14.3 Å². The van der Waals surface area contributed by atoms with Gasteiger partial charge in [0.25, 0.3) is 0 Å². The largest absolute Gasteiger partial charge is 0.492 e. The van der Waals surface area contributed by atoms with Crippen molar-refractivity contribution in [2.75, 3.05) is 26.9 Å². The summed E-state index contributed by atoms with van der Waals surface area (Å²) >= 11 is 0. The second-order valence-corrected chi connectivity index (χ2v) is 4.90. The number of primary amides is 1. The Morgan fingerprint density at radius 1 is 1.45 bits per heavy atom. The van der Waals surface area contributed by atoms with Gasteiger partial charge in [0, 0.05) is 25.8 Å². The lowest BCUT2D eigenvalue weighted by Gasteiger charge is -2.15. The molecule has 0 heterocycles. The summed E-state index contributed by atoms with van der Waals surface area (Å²) in [6.45, 7) is 6.23. The van der Waals surface area contributed by atoms with Gasteiger partial charge in [0.15, 0.2) is 0 Å². The molecule has 20 heavy (non-hydrogen) atoms. The number of hydrogen-bond acceptors (Lipinski definition) is 4. The molecule has 0 radical (unpaired) electrons. The third-order valence-corrected chi connectivity index (χ3v) is 2.99. The van der Waals surface area contributed by atoms with Crippen LogP contribution in [0.1, 0.15) is 18.1 Å². The quantitative estimate of drug-likeness (QED) is 0.667. The van der Waals surface area contributed by atoms with Crippen molar-refractivity contribution in [1.82, 2.24) is 5.32 Å². The summed E-state index contributed by atoms with van der Waals surface area (Å²) in [5.41, 5.74) is 7.47. The molecule has 1 unspecified atom stereocenters. The molecule has 5 nitrogen and oxygen atoms in total. The molecule has 112 valence electrons. The number of rotatable bonds is 9. The molecule has 0 aliphatic carbocycles. The normalized spacial score (nSPS) is 12.2. The Hall–Kier alpha value is -1.59. The number of ether oxygens (including phenoxy) is 2. The van der Waals surface area contributed by atoms with E-state index in [1.807, 2.05) is 19.1 Å². The van der Waals surface area contributed by atoms with Gasteiger partial charge in [-0.3, -0.25) is 4.79 Å². The van der Waals surface area contributed by atoms with Crippen molar-refractivity contribution in [3.63, 3.8) is 0 Å². The fourth-order valence-electron chi connectivity index (χ4n) is 1.68. The maximum absolute atomic E-state index is 11.0. The van der Waals surface area contributed by atoms with E-state index < -0.39 is 0 Å². The van der Waals surface area contributed by atoms with Crippen LogP contribution in [0.25, 0.3) is 0 Å². The van der Waals surface area contributed by atoms with Crippen molar-refractivity contribution in [1.29, 1.82) is 0 Å². The number of nitrogens with two attached hydrogens (primary N) is 1. The summed E-state index contributed by atoms with van der Waals surface area (Å²) in [6.07, 6.45) is 0. The molecule has 0 bridgehead atoms. The molecule has 0 spiro atoms. The molecule has 1 amide bonds. The number of hydrogen-bond donors (Lipinski definition) is 2. The highest BCUT2D eigenvalue weighted by molar-refractivity contribution is 5.76. The van der Waals surface area contributed by atoms with Gasteiger partial charge in [0.1, 0.15) is 5.75 Å². The Kier molecular flexibility index (Phi) is 7.04. The van der Waals surface area contributed by atoms with Crippen LogP contribution in [0.15, 0.2) is 18.2 Å². The number of carbonyl (C=O) groups is 1. The van der Waals surface area contributed by atoms with Gasteiger partial charge in [-0.1, -0.05) is 24.6 Å². The van der Waals surface area contributed by atoms with E-state index in [1.165, 1.54) is 5.56 Å². The molecule has 1 rings (SSSR count). The van der Waals surface area contributed by atoms with Crippen LogP contribution in [0.3, 0.4) is 0 Å². The Balaban J connectivity index is 2.62. The maximum atomic E-state index is 11.0. The molecule has 0 saturated heterocycles. The third kappa shape index (κ3) is 5.59. The number of methoxy groups -OCH3 is 1. The van der Waals surface area contributed by atoms with E-state index in [4.69, 9.17) is 15.2 Å².